The third-order valence-corrected chi connectivity index (χ3v) is 5.92. The normalized spacial score (nSPS) is 24.7. The van der Waals surface area contributed by atoms with E-state index in [1.807, 2.05) is 0 Å². The van der Waals surface area contributed by atoms with Crippen LogP contribution in [-0.2, 0) is 6.54 Å². The summed E-state index contributed by atoms with van der Waals surface area (Å²) in [7, 11) is 0. The molecule has 1 saturated carbocycles. The highest BCUT2D eigenvalue weighted by Gasteiger charge is 2.35. The summed E-state index contributed by atoms with van der Waals surface area (Å²) in [6.07, 6.45) is 5.42. The molecule has 1 aliphatic carbocycles. The molecule has 0 radical (unpaired) electrons. The lowest BCUT2D eigenvalue weighted by molar-refractivity contribution is 0.152. The molecule has 2 atom stereocenters. The Morgan fingerprint density at radius 1 is 0.917 bits per heavy atom. The molecular weight excluding hydrogens is 290 g/mol. The van der Waals surface area contributed by atoms with Gasteiger partial charge in [-0.15, -0.1) is 0 Å². The van der Waals surface area contributed by atoms with Crippen LogP contribution in [-0.4, -0.2) is 17.5 Å². The molecule has 0 bridgehead atoms. The minimum Gasteiger partial charge on any atom is -0.292 e. The van der Waals surface area contributed by atoms with Crippen LogP contribution in [0.5, 0.6) is 0 Å². The molecule has 1 heteroatoms. The molecule has 1 heterocycles. The lowest BCUT2D eigenvalue weighted by Gasteiger charge is -2.44. The Labute approximate surface area is 146 Å². The predicted octanol–water partition coefficient (Wildman–Crippen LogP) is 5.53. The van der Waals surface area contributed by atoms with Gasteiger partial charge in [0.05, 0.1) is 0 Å². The van der Waals surface area contributed by atoms with E-state index in [4.69, 9.17) is 0 Å². The van der Waals surface area contributed by atoms with Gasteiger partial charge in [-0.1, -0.05) is 72.7 Å². The largest absolute Gasteiger partial charge is 0.292 e. The molecule has 0 spiro atoms. The fraction of sp³-hybridized carbons (Fsp3) is 0.391. The molecule has 1 aliphatic heterocycles. The maximum atomic E-state index is 2.69. The Hall–Kier alpha value is -1.86. The standard InChI is InChI=1S/C23H27N/c1-18-21-14-8-9-15-22(21)23(20-12-6-3-7-13-20)17-24(18)16-19-10-4-2-5-11-19/h2-7,10-13,18,21H,8-9,14-17H2,1H3/t18-,21+/m1/s1. The van der Waals surface area contributed by atoms with Crippen LogP contribution in [0.2, 0.25) is 0 Å². The van der Waals surface area contributed by atoms with Gasteiger partial charge in [0.2, 0.25) is 0 Å². The average molecular weight is 317 g/mol. The number of hydrogen-bond donors (Lipinski definition) is 0. The van der Waals surface area contributed by atoms with Gasteiger partial charge in [0, 0.05) is 19.1 Å². The van der Waals surface area contributed by atoms with Crippen molar-refractivity contribution >= 4 is 5.57 Å². The molecule has 0 saturated heterocycles. The van der Waals surface area contributed by atoms with Gasteiger partial charge in [-0.25, -0.2) is 0 Å². The van der Waals surface area contributed by atoms with Crippen molar-refractivity contribution in [2.45, 2.75) is 45.2 Å². The molecule has 0 amide bonds. The zero-order valence-electron chi connectivity index (χ0n) is 14.6. The van der Waals surface area contributed by atoms with Crippen molar-refractivity contribution in [1.29, 1.82) is 0 Å². The molecule has 0 aromatic heterocycles. The number of benzene rings is 2. The van der Waals surface area contributed by atoms with E-state index in [9.17, 15) is 0 Å². The minimum absolute atomic E-state index is 0.646. The number of hydrogen-bond acceptors (Lipinski definition) is 1. The molecule has 1 fully saturated rings. The first-order chi connectivity index (χ1) is 11.8. The molecule has 24 heavy (non-hydrogen) atoms. The Morgan fingerprint density at radius 2 is 1.62 bits per heavy atom. The van der Waals surface area contributed by atoms with Gasteiger partial charge < -0.3 is 0 Å². The summed E-state index contributed by atoms with van der Waals surface area (Å²) in [5.74, 6) is 0.742. The lowest BCUT2D eigenvalue weighted by Crippen LogP contribution is -2.44. The third kappa shape index (κ3) is 3.06. The van der Waals surface area contributed by atoms with E-state index in [2.05, 4.69) is 72.5 Å². The van der Waals surface area contributed by atoms with E-state index in [1.54, 1.807) is 11.1 Å². The topological polar surface area (TPSA) is 3.24 Å². The summed E-state index contributed by atoms with van der Waals surface area (Å²) in [5, 5.41) is 0. The zero-order valence-corrected chi connectivity index (χ0v) is 14.6. The molecule has 124 valence electrons. The van der Waals surface area contributed by atoms with Crippen molar-refractivity contribution in [3.63, 3.8) is 0 Å². The van der Waals surface area contributed by atoms with Crippen LogP contribution in [0, 0.1) is 5.92 Å². The number of nitrogens with zero attached hydrogens (tertiary/aromatic N) is 1. The van der Waals surface area contributed by atoms with E-state index in [0.29, 0.717) is 6.04 Å². The summed E-state index contributed by atoms with van der Waals surface area (Å²) in [4.78, 5) is 2.69. The molecule has 4 rings (SSSR count). The summed E-state index contributed by atoms with van der Waals surface area (Å²) in [6, 6.07) is 22.7. The molecule has 0 N–H and O–H groups in total. The third-order valence-electron chi connectivity index (χ3n) is 5.92. The maximum absolute atomic E-state index is 2.69. The second kappa shape index (κ2) is 6.94. The van der Waals surface area contributed by atoms with Gasteiger partial charge in [0.25, 0.3) is 0 Å². The van der Waals surface area contributed by atoms with Gasteiger partial charge in [0.1, 0.15) is 0 Å². The Balaban J connectivity index is 1.68. The van der Waals surface area contributed by atoms with Crippen LogP contribution in [0.25, 0.3) is 5.57 Å². The fourth-order valence-corrected chi connectivity index (χ4v) is 4.58. The van der Waals surface area contributed by atoms with Crippen molar-refractivity contribution in [3.05, 3.63) is 77.4 Å². The van der Waals surface area contributed by atoms with Crippen molar-refractivity contribution < 1.29 is 0 Å². The first kappa shape index (κ1) is 15.7. The van der Waals surface area contributed by atoms with Gasteiger partial charge in [-0.3, -0.25) is 4.90 Å². The van der Waals surface area contributed by atoms with Crippen LogP contribution in [0.15, 0.2) is 66.2 Å². The highest BCUT2D eigenvalue weighted by molar-refractivity contribution is 5.71. The van der Waals surface area contributed by atoms with E-state index in [0.717, 1.165) is 19.0 Å². The van der Waals surface area contributed by atoms with Gasteiger partial charge in [-0.05, 0) is 48.8 Å². The van der Waals surface area contributed by atoms with Crippen LogP contribution >= 0.6 is 0 Å². The molecule has 2 aromatic rings. The van der Waals surface area contributed by atoms with E-state index in [1.165, 1.54) is 36.8 Å². The fourth-order valence-electron chi connectivity index (χ4n) is 4.58. The van der Waals surface area contributed by atoms with Crippen LogP contribution in [0.3, 0.4) is 0 Å². The minimum atomic E-state index is 0.646. The molecular formula is C23H27N. The Kier molecular flexibility index (Phi) is 4.53. The summed E-state index contributed by atoms with van der Waals surface area (Å²) >= 11 is 0. The number of fused-ring (bicyclic) bond motifs is 1. The van der Waals surface area contributed by atoms with Crippen molar-refractivity contribution in [2.24, 2.45) is 5.92 Å². The van der Waals surface area contributed by atoms with Gasteiger partial charge in [-0.2, -0.15) is 0 Å². The number of rotatable bonds is 3. The summed E-state index contributed by atoms with van der Waals surface area (Å²) < 4.78 is 0. The van der Waals surface area contributed by atoms with E-state index >= 15 is 0 Å². The second-order valence-electron chi connectivity index (χ2n) is 7.35. The highest BCUT2D eigenvalue weighted by atomic mass is 15.2. The van der Waals surface area contributed by atoms with Crippen molar-refractivity contribution in [1.82, 2.24) is 4.90 Å². The van der Waals surface area contributed by atoms with Crippen molar-refractivity contribution in [3.8, 4) is 0 Å². The summed E-state index contributed by atoms with van der Waals surface area (Å²) in [6.45, 7) is 4.59. The van der Waals surface area contributed by atoms with Gasteiger partial charge in [0.15, 0.2) is 0 Å². The molecule has 0 unspecified atom stereocenters. The Bertz CT molecular complexity index is 701. The maximum Gasteiger partial charge on any atom is 0.0245 e. The van der Waals surface area contributed by atoms with E-state index in [-0.39, 0.29) is 0 Å². The molecule has 1 nitrogen and oxygen atoms in total. The van der Waals surface area contributed by atoms with Crippen LogP contribution in [0.4, 0.5) is 0 Å². The summed E-state index contributed by atoms with van der Waals surface area (Å²) in [5.41, 5.74) is 6.22. The molecule has 2 aliphatic rings. The second-order valence-corrected chi connectivity index (χ2v) is 7.35. The SMILES string of the molecule is C[C@@H]1[C@@H]2CCCCC2=C(c2ccccc2)CN1Cc1ccccc1. The lowest BCUT2D eigenvalue weighted by atomic mass is 9.73. The predicted molar refractivity (Wildman–Crippen MR) is 102 cm³/mol. The first-order valence-corrected chi connectivity index (χ1v) is 9.38. The van der Waals surface area contributed by atoms with Crippen LogP contribution < -0.4 is 0 Å². The van der Waals surface area contributed by atoms with Crippen LogP contribution in [0.1, 0.15) is 43.7 Å². The Morgan fingerprint density at radius 3 is 2.38 bits per heavy atom. The molecule has 2 aromatic carbocycles. The first-order valence-electron chi connectivity index (χ1n) is 9.38. The monoisotopic (exact) mass is 317 g/mol. The van der Waals surface area contributed by atoms with Gasteiger partial charge >= 0.3 is 0 Å². The smallest absolute Gasteiger partial charge is 0.0245 e. The van der Waals surface area contributed by atoms with Crippen molar-refractivity contribution in [2.75, 3.05) is 6.54 Å². The quantitative estimate of drug-likeness (QED) is 0.719. The highest BCUT2D eigenvalue weighted by Crippen LogP contribution is 2.42. The zero-order chi connectivity index (χ0) is 16.4. The van der Waals surface area contributed by atoms with E-state index < -0.39 is 0 Å². The average Bonchev–Trinajstić information content (AvgIpc) is 2.66.